The molecule has 0 saturated carbocycles. The van der Waals surface area contributed by atoms with Gasteiger partial charge in [0.05, 0.1) is 10.3 Å². The first-order valence-corrected chi connectivity index (χ1v) is 5.84. The van der Waals surface area contributed by atoms with Crippen molar-refractivity contribution in [1.82, 2.24) is 4.98 Å². The zero-order valence-corrected chi connectivity index (χ0v) is 9.81. The highest BCUT2D eigenvalue weighted by atomic mass is 79.9. The van der Waals surface area contributed by atoms with Crippen LogP contribution in [0, 0.1) is 0 Å². The molecular formula is C10H9BrN2S. The number of rotatable bonds is 3. The first-order chi connectivity index (χ1) is 6.84. The molecule has 0 aliphatic carbocycles. The Labute approximate surface area is 95.1 Å². The summed E-state index contributed by atoms with van der Waals surface area (Å²) in [7, 11) is 0. The monoisotopic (exact) mass is 268 g/mol. The predicted molar refractivity (Wildman–Crippen MR) is 63.6 cm³/mol. The molecule has 2 nitrogen and oxygen atoms in total. The number of thiophene rings is 1. The van der Waals surface area contributed by atoms with Gasteiger partial charge in [0.15, 0.2) is 0 Å². The number of nitrogens with zero attached hydrogens (tertiary/aromatic N) is 1. The third kappa shape index (κ3) is 2.56. The second-order valence-corrected chi connectivity index (χ2v) is 5.32. The van der Waals surface area contributed by atoms with E-state index in [0.29, 0.717) is 0 Å². The zero-order chi connectivity index (χ0) is 9.80. The molecule has 0 radical (unpaired) electrons. The molecule has 0 amide bonds. The lowest BCUT2D eigenvalue weighted by atomic mass is 10.4. The molecule has 0 aliphatic heterocycles. The van der Waals surface area contributed by atoms with Crippen LogP contribution in [0.2, 0.25) is 0 Å². The Kier molecular flexibility index (Phi) is 3.16. The van der Waals surface area contributed by atoms with Gasteiger partial charge in [0.1, 0.15) is 5.82 Å². The van der Waals surface area contributed by atoms with Crippen molar-refractivity contribution in [1.29, 1.82) is 0 Å². The first kappa shape index (κ1) is 9.68. The van der Waals surface area contributed by atoms with Gasteiger partial charge in [0, 0.05) is 11.1 Å². The topological polar surface area (TPSA) is 24.9 Å². The minimum atomic E-state index is 0.827. The largest absolute Gasteiger partial charge is 0.365 e. The molecule has 14 heavy (non-hydrogen) atoms. The van der Waals surface area contributed by atoms with Gasteiger partial charge >= 0.3 is 0 Å². The van der Waals surface area contributed by atoms with Gasteiger partial charge in [0.2, 0.25) is 0 Å². The summed E-state index contributed by atoms with van der Waals surface area (Å²) >= 11 is 5.17. The highest BCUT2D eigenvalue weighted by Crippen LogP contribution is 2.22. The maximum absolute atomic E-state index is 4.18. The lowest BCUT2D eigenvalue weighted by Crippen LogP contribution is -1.98. The van der Waals surface area contributed by atoms with E-state index in [1.54, 1.807) is 17.5 Å². The van der Waals surface area contributed by atoms with Crippen LogP contribution in [-0.2, 0) is 6.54 Å². The molecule has 4 heteroatoms. The number of anilines is 1. The average molecular weight is 269 g/mol. The van der Waals surface area contributed by atoms with E-state index in [4.69, 9.17) is 0 Å². The van der Waals surface area contributed by atoms with E-state index < -0.39 is 0 Å². The number of pyridine rings is 1. The van der Waals surface area contributed by atoms with E-state index in [0.717, 1.165) is 16.1 Å². The van der Waals surface area contributed by atoms with E-state index >= 15 is 0 Å². The number of aromatic nitrogens is 1. The molecular weight excluding hydrogens is 260 g/mol. The summed E-state index contributed by atoms with van der Waals surface area (Å²) in [5.41, 5.74) is 0. The Bertz CT molecular complexity index is 400. The van der Waals surface area contributed by atoms with Crippen LogP contribution >= 0.6 is 27.3 Å². The lowest BCUT2D eigenvalue weighted by molar-refractivity contribution is 1.14. The summed E-state index contributed by atoms with van der Waals surface area (Å²) in [6.07, 6.45) is 1.78. The van der Waals surface area contributed by atoms with E-state index in [1.165, 1.54) is 4.88 Å². The van der Waals surface area contributed by atoms with Gasteiger partial charge in [-0.15, -0.1) is 11.3 Å². The van der Waals surface area contributed by atoms with Gasteiger partial charge in [-0.25, -0.2) is 4.98 Å². The number of nitrogens with one attached hydrogen (secondary N) is 1. The Morgan fingerprint density at radius 3 is 2.86 bits per heavy atom. The summed E-state index contributed by atoms with van der Waals surface area (Å²) in [5.74, 6) is 0.914. The smallest absolute Gasteiger partial charge is 0.126 e. The fourth-order valence-corrected chi connectivity index (χ4v) is 2.51. The van der Waals surface area contributed by atoms with Crippen LogP contribution < -0.4 is 5.32 Å². The van der Waals surface area contributed by atoms with E-state index in [-0.39, 0.29) is 0 Å². The molecule has 0 aromatic carbocycles. The van der Waals surface area contributed by atoms with Crippen LogP contribution in [0.5, 0.6) is 0 Å². The van der Waals surface area contributed by atoms with Crippen molar-refractivity contribution < 1.29 is 0 Å². The van der Waals surface area contributed by atoms with Gasteiger partial charge in [-0.2, -0.15) is 0 Å². The van der Waals surface area contributed by atoms with Crippen molar-refractivity contribution in [2.75, 3.05) is 5.32 Å². The minimum absolute atomic E-state index is 0.827. The molecule has 0 fully saturated rings. The lowest BCUT2D eigenvalue weighted by Gasteiger charge is -2.01. The number of hydrogen-bond acceptors (Lipinski definition) is 3. The normalized spacial score (nSPS) is 10.1. The van der Waals surface area contributed by atoms with Gasteiger partial charge in [-0.3, -0.25) is 0 Å². The molecule has 0 atom stereocenters. The van der Waals surface area contributed by atoms with Crippen molar-refractivity contribution in [2.45, 2.75) is 6.54 Å². The fourth-order valence-electron chi connectivity index (χ4n) is 1.09. The fraction of sp³-hybridized carbons (Fsp3) is 0.100. The maximum atomic E-state index is 4.18. The first-order valence-electron chi connectivity index (χ1n) is 4.24. The summed E-state index contributed by atoms with van der Waals surface area (Å²) in [4.78, 5) is 5.48. The van der Waals surface area contributed by atoms with Crippen LogP contribution in [-0.4, -0.2) is 4.98 Å². The molecule has 0 bridgehead atoms. The van der Waals surface area contributed by atoms with Crippen molar-refractivity contribution in [3.63, 3.8) is 0 Å². The molecule has 2 aromatic heterocycles. The highest BCUT2D eigenvalue weighted by Gasteiger charge is 1.97. The zero-order valence-electron chi connectivity index (χ0n) is 7.40. The summed E-state index contributed by atoms with van der Waals surface area (Å²) < 4.78 is 1.16. The third-order valence-electron chi connectivity index (χ3n) is 1.74. The molecule has 2 rings (SSSR count). The second kappa shape index (κ2) is 4.57. The van der Waals surface area contributed by atoms with Crippen LogP contribution in [0.3, 0.4) is 0 Å². The quantitative estimate of drug-likeness (QED) is 0.922. The Balaban J connectivity index is 1.95. The van der Waals surface area contributed by atoms with Gasteiger partial charge in [0.25, 0.3) is 0 Å². The van der Waals surface area contributed by atoms with Crippen molar-refractivity contribution >= 4 is 33.1 Å². The number of hydrogen-bond donors (Lipinski definition) is 1. The maximum Gasteiger partial charge on any atom is 0.126 e. The van der Waals surface area contributed by atoms with Crippen LogP contribution in [0.4, 0.5) is 5.82 Å². The molecule has 72 valence electrons. The van der Waals surface area contributed by atoms with Crippen molar-refractivity contribution in [2.24, 2.45) is 0 Å². The van der Waals surface area contributed by atoms with Crippen molar-refractivity contribution in [3.05, 3.63) is 45.2 Å². The van der Waals surface area contributed by atoms with Crippen LogP contribution in [0.1, 0.15) is 4.88 Å². The Morgan fingerprint density at radius 1 is 1.29 bits per heavy atom. The highest BCUT2D eigenvalue weighted by molar-refractivity contribution is 9.11. The summed E-state index contributed by atoms with van der Waals surface area (Å²) in [6.45, 7) is 0.827. The SMILES string of the molecule is Brc1ccc(CNc2ccccn2)s1. The van der Waals surface area contributed by atoms with E-state index in [1.807, 2.05) is 18.2 Å². The second-order valence-electron chi connectivity index (χ2n) is 2.77. The molecule has 0 spiro atoms. The third-order valence-corrected chi connectivity index (χ3v) is 3.36. The standard InChI is InChI=1S/C10H9BrN2S/c11-9-5-4-8(14-9)7-13-10-3-1-2-6-12-10/h1-6H,7H2,(H,12,13). The average Bonchev–Trinajstić information content (AvgIpc) is 2.63. The Hall–Kier alpha value is -0.870. The predicted octanol–water partition coefficient (Wildman–Crippen LogP) is 3.52. The van der Waals surface area contributed by atoms with Crippen LogP contribution in [0.15, 0.2) is 40.3 Å². The molecule has 0 saturated heterocycles. The van der Waals surface area contributed by atoms with Gasteiger partial charge < -0.3 is 5.32 Å². The van der Waals surface area contributed by atoms with E-state index in [2.05, 4.69) is 38.4 Å². The summed E-state index contributed by atoms with van der Waals surface area (Å²) in [5, 5.41) is 3.25. The molecule has 2 aromatic rings. The van der Waals surface area contributed by atoms with Gasteiger partial charge in [-0.1, -0.05) is 6.07 Å². The molecule has 1 N–H and O–H groups in total. The minimum Gasteiger partial charge on any atom is -0.365 e. The molecule has 0 aliphatic rings. The Morgan fingerprint density at radius 2 is 2.21 bits per heavy atom. The molecule has 0 unspecified atom stereocenters. The molecule has 2 heterocycles. The van der Waals surface area contributed by atoms with Crippen LogP contribution in [0.25, 0.3) is 0 Å². The van der Waals surface area contributed by atoms with Gasteiger partial charge in [-0.05, 0) is 40.2 Å². The number of halogens is 1. The van der Waals surface area contributed by atoms with Crippen molar-refractivity contribution in [3.8, 4) is 0 Å². The summed E-state index contributed by atoms with van der Waals surface area (Å²) in [6, 6.07) is 10.0. The van der Waals surface area contributed by atoms with E-state index in [9.17, 15) is 0 Å².